The summed E-state index contributed by atoms with van der Waals surface area (Å²) in [6.45, 7) is 14.1. The first-order valence-electron chi connectivity index (χ1n) is 8.98. The van der Waals surface area contributed by atoms with Gasteiger partial charge in [0.15, 0.2) is 0 Å². The summed E-state index contributed by atoms with van der Waals surface area (Å²) in [6, 6.07) is 5.70. The maximum atomic E-state index is 12.1. The molecule has 1 unspecified atom stereocenters. The van der Waals surface area contributed by atoms with Crippen molar-refractivity contribution in [2.75, 3.05) is 11.1 Å². The summed E-state index contributed by atoms with van der Waals surface area (Å²) < 4.78 is 0. The molecule has 0 fully saturated rings. The van der Waals surface area contributed by atoms with Crippen molar-refractivity contribution >= 4 is 30.4 Å². The number of aryl methyl sites for hydroxylation is 2. The first-order chi connectivity index (χ1) is 11.5. The Labute approximate surface area is 186 Å². The summed E-state index contributed by atoms with van der Waals surface area (Å²) in [7, 11) is 0. The fourth-order valence-corrected chi connectivity index (χ4v) is 1.81. The largest absolute Gasteiger partial charge is 0.793 e. The van der Waals surface area contributed by atoms with E-state index < -0.39 is 0 Å². The minimum atomic E-state index is -0.288. The van der Waals surface area contributed by atoms with Crippen molar-refractivity contribution in [1.29, 1.82) is 0 Å². The molecule has 0 aliphatic carbocycles. The van der Waals surface area contributed by atoms with E-state index in [2.05, 4.69) is 29.9 Å². The second-order valence-corrected chi connectivity index (χ2v) is 5.53. The third-order valence-corrected chi connectivity index (χ3v) is 3.50. The van der Waals surface area contributed by atoms with Crippen molar-refractivity contribution in [3.05, 3.63) is 29.3 Å². The van der Waals surface area contributed by atoms with E-state index in [-0.39, 0.29) is 44.7 Å². The molecule has 1 amide bonds. The van der Waals surface area contributed by atoms with E-state index in [9.17, 15) is 4.79 Å². The Morgan fingerprint density at radius 2 is 1.68 bits per heavy atom. The number of carbonyl (C=O) groups excluding carboxylic acids is 1. The van der Waals surface area contributed by atoms with Gasteiger partial charge >= 0.3 is 0 Å². The maximum Gasteiger partial charge on any atom is 0.249 e. The van der Waals surface area contributed by atoms with E-state index in [1.165, 1.54) is 0 Å². The minimum absolute atomic E-state index is 0. The summed E-state index contributed by atoms with van der Waals surface area (Å²) in [5.41, 5.74) is 3.07. The van der Waals surface area contributed by atoms with Crippen LogP contribution < -0.4 is 5.32 Å². The maximum absolute atomic E-state index is 12.1. The summed E-state index contributed by atoms with van der Waals surface area (Å²) in [6.07, 6.45) is 4.51. The number of carbonyl (C=O) groups is 1. The van der Waals surface area contributed by atoms with Crippen LogP contribution in [-0.2, 0) is 50.1 Å². The Balaban J connectivity index is -0.000000607. The van der Waals surface area contributed by atoms with Gasteiger partial charge in [-0.1, -0.05) is 59.2 Å². The van der Waals surface area contributed by atoms with Gasteiger partial charge in [0.1, 0.15) is 6.04 Å². The van der Waals surface area contributed by atoms with Crippen LogP contribution in [0.1, 0.15) is 65.0 Å². The van der Waals surface area contributed by atoms with Crippen LogP contribution in [-0.4, -0.2) is 23.9 Å². The van der Waals surface area contributed by atoms with Crippen molar-refractivity contribution in [2.24, 2.45) is 4.99 Å². The zero-order chi connectivity index (χ0) is 19.0. The van der Waals surface area contributed by atoms with Gasteiger partial charge in [-0.25, -0.2) is 0 Å². The van der Waals surface area contributed by atoms with Crippen molar-refractivity contribution in [3.63, 3.8) is 0 Å². The van der Waals surface area contributed by atoms with Crippen LogP contribution >= 0.6 is 0 Å². The van der Waals surface area contributed by atoms with E-state index in [4.69, 9.17) is 0 Å². The van der Waals surface area contributed by atoms with Crippen molar-refractivity contribution < 1.29 is 37.5 Å². The van der Waals surface area contributed by atoms with Crippen LogP contribution in [0, 0.1) is 13.8 Å². The fourth-order valence-electron chi connectivity index (χ4n) is 1.81. The van der Waals surface area contributed by atoms with Gasteiger partial charge in [-0.05, 0) is 44.0 Å². The van der Waals surface area contributed by atoms with Crippen LogP contribution in [0.15, 0.2) is 23.2 Å². The Bertz CT molecular complexity index is 457. The molecule has 1 rings (SSSR count). The SMILES string of the molecule is CC.CCC=NC(CC)C(=O)Nc1c(C)cccc1C.CCC[S-].[Y]. The average molecular weight is 440 g/mol. The van der Waals surface area contributed by atoms with E-state index in [0.29, 0.717) is 6.42 Å². The van der Waals surface area contributed by atoms with Gasteiger partial charge in [0.2, 0.25) is 5.91 Å². The monoisotopic (exact) mass is 440 g/mol. The number of nitrogens with zero attached hydrogens (tertiary/aromatic N) is 1. The molecule has 5 heteroatoms. The molecule has 1 radical (unpaired) electrons. The number of benzene rings is 1. The normalized spacial score (nSPS) is 10.6. The molecule has 1 N–H and O–H groups in total. The molecule has 0 saturated heterocycles. The first-order valence-corrected chi connectivity index (χ1v) is 9.56. The van der Waals surface area contributed by atoms with E-state index in [0.717, 1.165) is 35.4 Å². The van der Waals surface area contributed by atoms with Crippen LogP contribution in [0.5, 0.6) is 0 Å². The molecule has 0 saturated carbocycles. The zero-order valence-electron chi connectivity index (χ0n) is 17.1. The van der Waals surface area contributed by atoms with Crippen LogP contribution in [0.2, 0.25) is 0 Å². The van der Waals surface area contributed by atoms with Gasteiger partial charge in [-0.15, -0.1) is 0 Å². The quantitative estimate of drug-likeness (QED) is 0.471. The number of nitrogens with one attached hydrogen (secondary N) is 1. The van der Waals surface area contributed by atoms with Gasteiger partial charge < -0.3 is 17.9 Å². The van der Waals surface area contributed by atoms with Crippen molar-refractivity contribution in [1.82, 2.24) is 0 Å². The van der Waals surface area contributed by atoms with Gasteiger partial charge in [-0.3, -0.25) is 9.79 Å². The van der Waals surface area contributed by atoms with Crippen molar-refractivity contribution in [2.45, 2.75) is 73.8 Å². The Hall–Kier alpha value is -0.186. The van der Waals surface area contributed by atoms with E-state index >= 15 is 0 Å². The van der Waals surface area contributed by atoms with E-state index in [1.54, 1.807) is 6.21 Å². The molecule has 0 aromatic heterocycles. The van der Waals surface area contributed by atoms with Gasteiger partial charge in [0, 0.05) is 38.4 Å². The first kappa shape index (κ1) is 29.6. The Morgan fingerprint density at radius 3 is 2.04 bits per heavy atom. The third-order valence-electron chi connectivity index (χ3n) is 3.09. The Kier molecular flexibility index (Phi) is 23.8. The van der Waals surface area contributed by atoms with Gasteiger partial charge in [-0.2, -0.15) is 5.75 Å². The van der Waals surface area contributed by atoms with Crippen LogP contribution in [0.25, 0.3) is 0 Å². The molecule has 0 bridgehead atoms. The third kappa shape index (κ3) is 13.6. The predicted octanol–water partition coefficient (Wildman–Crippen LogP) is 5.47. The van der Waals surface area contributed by atoms with Crippen LogP contribution in [0.4, 0.5) is 5.69 Å². The predicted molar refractivity (Wildman–Crippen MR) is 111 cm³/mol. The molecule has 1 aromatic carbocycles. The molecule has 0 aliphatic heterocycles. The minimum Gasteiger partial charge on any atom is -0.793 e. The molecule has 0 heterocycles. The summed E-state index contributed by atoms with van der Waals surface area (Å²) >= 11 is 4.55. The topological polar surface area (TPSA) is 41.5 Å². The zero-order valence-corrected chi connectivity index (χ0v) is 20.7. The number of hydrogen-bond donors (Lipinski definition) is 1. The summed E-state index contributed by atoms with van der Waals surface area (Å²) in [5.74, 6) is 0.875. The summed E-state index contributed by atoms with van der Waals surface area (Å²) in [4.78, 5) is 16.4. The molecule has 1 aromatic rings. The number of rotatable bonds is 6. The van der Waals surface area contributed by atoms with Gasteiger partial charge in [0.25, 0.3) is 0 Å². The molecule has 1 atom stereocenters. The number of para-hydroxylation sites is 1. The van der Waals surface area contributed by atoms with Crippen molar-refractivity contribution in [3.8, 4) is 0 Å². The molecule has 25 heavy (non-hydrogen) atoms. The van der Waals surface area contributed by atoms with E-state index in [1.807, 2.05) is 59.7 Å². The Morgan fingerprint density at radius 1 is 1.20 bits per heavy atom. The number of amides is 1. The molecule has 0 aliphatic rings. The van der Waals surface area contributed by atoms with Crippen LogP contribution in [0.3, 0.4) is 0 Å². The molecule has 141 valence electrons. The van der Waals surface area contributed by atoms with Gasteiger partial charge in [0.05, 0.1) is 0 Å². The standard InChI is InChI=1S/C15H22N2O.C3H8S.C2H6.Y/c1-5-10-16-13(6-2)15(18)17-14-11(3)8-7-9-12(14)4;1-2-3-4;1-2;/h7-10,13H,5-6H2,1-4H3,(H,17,18);4H,2-3H2,1H3;1-2H3;/p-1. The number of anilines is 1. The smallest absolute Gasteiger partial charge is 0.249 e. The number of hydrogen-bond acceptors (Lipinski definition) is 3. The average Bonchev–Trinajstić information content (AvgIpc) is 2.61. The second-order valence-electron chi connectivity index (χ2n) is 5.12. The molecular formula is C20H35N2OSY-. The number of aliphatic imine (C=N–C) groups is 1. The fraction of sp³-hybridized carbons (Fsp3) is 0.600. The molecular weight excluding hydrogens is 405 g/mol. The second kappa shape index (κ2) is 20.1. The summed E-state index contributed by atoms with van der Waals surface area (Å²) in [5, 5.41) is 2.99. The molecule has 0 spiro atoms. The molecule has 3 nitrogen and oxygen atoms in total.